The molecule has 1 saturated heterocycles. The Hall–Kier alpha value is -1.89. The van der Waals surface area contributed by atoms with Crippen LogP contribution in [0.5, 0.6) is 0 Å². The molecule has 0 aliphatic carbocycles. The maximum atomic E-state index is 12.7. The molecule has 1 heterocycles. The molecule has 0 radical (unpaired) electrons. The molecule has 23 heavy (non-hydrogen) atoms. The van der Waals surface area contributed by atoms with Gasteiger partial charge in [0, 0.05) is 13.1 Å². The highest BCUT2D eigenvalue weighted by Gasteiger charge is 2.42. The molecule has 1 amide bonds. The normalized spacial score (nSPS) is 21.4. The zero-order chi connectivity index (χ0) is 17.3. The number of nitrogens with zero attached hydrogens (tertiary/aromatic N) is 1. The van der Waals surface area contributed by atoms with Crippen LogP contribution in [-0.4, -0.2) is 49.1 Å². The lowest BCUT2D eigenvalue weighted by molar-refractivity contribution is -0.147. The maximum Gasteiger partial charge on any atom is 0.311 e. The Morgan fingerprint density at radius 3 is 2.52 bits per heavy atom. The molecule has 0 spiro atoms. The number of likely N-dealkylation sites (tertiary alicyclic amines) is 1. The van der Waals surface area contributed by atoms with E-state index in [1.54, 1.807) is 26.0 Å². The molecular weight excluding hydrogens is 318 g/mol. The number of carboxylic acid groups (broad SMARTS) is 1. The molecule has 1 aromatic rings. The van der Waals surface area contributed by atoms with Crippen LogP contribution < -0.4 is 0 Å². The third-order valence-electron chi connectivity index (χ3n) is 4.20. The zero-order valence-electron chi connectivity index (χ0n) is 13.3. The van der Waals surface area contributed by atoms with Crippen molar-refractivity contribution in [3.63, 3.8) is 0 Å². The van der Waals surface area contributed by atoms with Gasteiger partial charge >= 0.3 is 5.97 Å². The summed E-state index contributed by atoms with van der Waals surface area (Å²) in [5.74, 6) is -1.39. The van der Waals surface area contributed by atoms with Crippen molar-refractivity contribution in [1.82, 2.24) is 4.90 Å². The number of rotatable bonds is 5. The molecule has 0 bridgehead atoms. The fraction of sp³-hybridized carbons (Fsp3) is 0.500. The number of aliphatic carboxylic acids is 1. The molecule has 0 aromatic heterocycles. The Labute approximate surface area is 136 Å². The first-order chi connectivity index (χ1) is 10.7. The SMILES string of the molecule is CCCS(=O)(=O)c1ccccc1C(=O)N1CCC(C)(C(=O)O)C1. The smallest absolute Gasteiger partial charge is 0.311 e. The van der Waals surface area contributed by atoms with Crippen LogP contribution in [0.1, 0.15) is 37.0 Å². The lowest BCUT2D eigenvalue weighted by Crippen LogP contribution is -2.35. The predicted octanol–water partition coefficient (Wildman–Crippen LogP) is 1.81. The molecule has 1 N–H and O–H groups in total. The Balaban J connectivity index is 2.34. The monoisotopic (exact) mass is 339 g/mol. The lowest BCUT2D eigenvalue weighted by atomic mass is 9.90. The van der Waals surface area contributed by atoms with Crippen molar-refractivity contribution in [2.45, 2.75) is 31.6 Å². The second-order valence-electron chi connectivity index (χ2n) is 6.16. The van der Waals surface area contributed by atoms with Gasteiger partial charge in [0.1, 0.15) is 0 Å². The second kappa shape index (κ2) is 6.31. The summed E-state index contributed by atoms with van der Waals surface area (Å²) >= 11 is 0. The van der Waals surface area contributed by atoms with E-state index in [0.717, 1.165) is 0 Å². The molecule has 126 valence electrons. The van der Waals surface area contributed by atoms with Gasteiger partial charge in [0.2, 0.25) is 0 Å². The van der Waals surface area contributed by atoms with Crippen LogP contribution in [0.15, 0.2) is 29.2 Å². The average molecular weight is 339 g/mol. The van der Waals surface area contributed by atoms with Crippen molar-refractivity contribution in [3.05, 3.63) is 29.8 Å². The Bertz CT molecular complexity index is 728. The molecule has 7 heteroatoms. The summed E-state index contributed by atoms with van der Waals surface area (Å²) in [7, 11) is -3.52. The molecule has 6 nitrogen and oxygen atoms in total. The summed E-state index contributed by atoms with van der Waals surface area (Å²) in [6.45, 7) is 3.76. The van der Waals surface area contributed by atoms with Gasteiger partial charge in [-0.1, -0.05) is 19.1 Å². The number of amides is 1. The summed E-state index contributed by atoms with van der Waals surface area (Å²) < 4.78 is 24.7. The molecule has 0 saturated carbocycles. The van der Waals surface area contributed by atoms with Gasteiger partial charge in [-0.05, 0) is 31.9 Å². The standard InChI is InChI=1S/C16H21NO5S/c1-3-10-23(21,22)13-7-5-4-6-12(13)14(18)17-9-8-16(2,11-17)15(19)20/h4-7H,3,8-11H2,1-2H3,(H,19,20). The summed E-state index contributed by atoms with van der Waals surface area (Å²) in [6.07, 6.45) is 0.823. The van der Waals surface area contributed by atoms with Gasteiger partial charge in [-0.3, -0.25) is 9.59 Å². The summed E-state index contributed by atoms with van der Waals surface area (Å²) in [5.41, 5.74) is -0.858. The molecular formula is C16H21NO5S. The van der Waals surface area contributed by atoms with Gasteiger partial charge in [-0.15, -0.1) is 0 Å². The van der Waals surface area contributed by atoms with Gasteiger partial charge in [0.05, 0.1) is 21.6 Å². The van der Waals surface area contributed by atoms with Crippen molar-refractivity contribution >= 4 is 21.7 Å². The van der Waals surface area contributed by atoms with Crippen molar-refractivity contribution < 1.29 is 23.1 Å². The number of carboxylic acids is 1. The first-order valence-electron chi connectivity index (χ1n) is 7.56. The highest BCUT2D eigenvalue weighted by Crippen LogP contribution is 2.32. The van der Waals surface area contributed by atoms with Crippen molar-refractivity contribution in [3.8, 4) is 0 Å². The van der Waals surface area contributed by atoms with Gasteiger partial charge in [0.25, 0.3) is 5.91 Å². The van der Waals surface area contributed by atoms with Crippen LogP contribution in [0.4, 0.5) is 0 Å². The van der Waals surface area contributed by atoms with Crippen LogP contribution in [0.25, 0.3) is 0 Å². The van der Waals surface area contributed by atoms with Crippen LogP contribution in [-0.2, 0) is 14.6 Å². The predicted molar refractivity (Wildman–Crippen MR) is 85.0 cm³/mol. The van der Waals surface area contributed by atoms with Gasteiger partial charge in [-0.2, -0.15) is 0 Å². The van der Waals surface area contributed by atoms with Crippen LogP contribution in [0.2, 0.25) is 0 Å². The number of hydrogen-bond donors (Lipinski definition) is 1. The molecule has 1 atom stereocenters. The van der Waals surface area contributed by atoms with E-state index in [2.05, 4.69) is 0 Å². The molecule has 2 rings (SSSR count). The number of benzene rings is 1. The molecule has 1 aliphatic heterocycles. The lowest BCUT2D eigenvalue weighted by Gasteiger charge is -2.21. The summed E-state index contributed by atoms with van der Waals surface area (Å²) in [5, 5.41) is 9.26. The van der Waals surface area contributed by atoms with Gasteiger partial charge < -0.3 is 10.0 Å². The largest absolute Gasteiger partial charge is 0.481 e. The average Bonchev–Trinajstić information content (AvgIpc) is 2.90. The Morgan fingerprint density at radius 2 is 1.96 bits per heavy atom. The zero-order valence-corrected chi connectivity index (χ0v) is 14.1. The van der Waals surface area contributed by atoms with Crippen LogP contribution in [0, 0.1) is 5.41 Å². The van der Waals surface area contributed by atoms with E-state index < -0.39 is 27.1 Å². The fourth-order valence-corrected chi connectivity index (χ4v) is 4.31. The third kappa shape index (κ3) is 3.39. The number of sulfone groups is 1. The molecule has 1 aliphatic rings. The minimum Gasteiger partial charge on any atom is -0.481 e. The van der Waals surface area contributed by atoms with E-state index in [0.29, 0.717) is 19.4 Å². The van der Waals surface area contributed by atoms with E-state index in [1.165, 1.54) is 17.0 Å². The van der Waals surface area contributed by atoms with E-state index in [-0.39, 0.29) is 22.8 Å². The topological polar surface area (TPSA) is 91.8 Å². The first kappa shape index (κ1) is 17.5. The Kier molecular flexibility index (Phi) is 4.79. The maximum absolute atomic E-state index is 12.7. The van der Waals surface area contributed by atoms with E-state index >= 15 is 0 Å². The fourth-order valence-electron chi connectivity index (χ4n) is 2.77. The second-order valence-corrected chi connectivity index (χ2v) is 8.24. The Morgan fingerprint density at radius 1 is 1.30 bits per heavy atom. The molecule has 1 unspecified atom stereocenters. The quantitative estimate of drug-likeness (QED) is 0.883. The van der Waals surface area contributed by atoms with Crippen molar-refractivity contribution in [2.75, 3.05) is 18.8 Å². The first-order valence-corrected chi connectivity index (χ1v) is 9.21. The molecule has 1 aromatic carbocycles. The highest BCUT2D eigenvalue weighted by atomic mass is 32.2. The van der Waals surface area contributed by atoms with Crippen LogP contribution >= 0.6 is 0 Å². The third-order valence-corrected chi connectivity index (χ3v) is 6.17. The van der Waals surface area contributed by atoms with Crippen molar-refractivity contribution in [2.24, 2.45) is 5.41 Å². The number of carbonyl (C=O) groups excluding carboxylic acids is 1. The summed E-state index contributed by atoms with van der Waals surface area (Å²) in [4.78, 5) is 25.5. The van der Waals surface area contributed by atoms with Crippen molar-refractivity contribution in [1.29, 1.82) is 0 Å². The van der Waals surface area contributed by atoms with Crippen LogP contribution in [0.3, 0.4) is 0 Å². The number of hydrogen-bond acceptors (Lipinski definition) is 4. The van der Waals surface area contributed by atoms with E-state index in [1.807, 2.05) is 0 Å². The van der Waals surface area contributed by atoms with E-state index in [4.69, 9.17) is 0 Å². The van der Waals surface area contributed by atoms with Gasteiger partial charge in [-0.25, -0.2) is 8.42 Å². The van der Waals surface area contributed by atoms with Gasteiger partial charge in [0.15, 0.2) is 9.84 Å². The highest BCUT2D eigenvalue weighted by molar-refractivity contribution is 7.91. The molecule has 1 fully saturated rings. The minimum absolute atomic E-state index is 0.0237. The number of carbonyl (C=O) groups is 2. The minimum atomic E-state index is -3.52. The summed E-state index contributed by atoms with van der Waals surface area (Å²) in [6, 6.07) is 6.13. The van der Waals surface area contributed by atoms with E-state index in [9.17, 15) is 23.1 Å².